The van der Waals surface area contributed by atoms with Crippen LogP contribution in [-0.4, -0.2) is 81.3 Å². The maximum atomic E-state index is 13.4. The molecule has 4 aliphatic heterocycles. The molecule has 1 amide bonds. The van der Waals surface area contributed by atoms with E-state index in [1.54, 1.807) is 30.8 Å². The summed E-state index contributed by atoms with van der Waals surface area (Å²) in [5, 5.41) is 25.2. The number of nitrogens with zero attached hydrogens (tertiary/aromatic N) is 3. The fourth-order valence-electron chi connectivity index (χ4n) is 6.44. The molecular weight excluding hydrogens is 508 g/mol. The molecule has 206 valence electrons. The highest BCUT2D eigenvalue weighted by atomic mass is 32.2. The van der Waals surface area contributed by atoms with Crippen molar-refractivity contribution in [2.45, 2.75) is 63.7 Å². The molecule has 0 spiro atoms. The molecule has 11 heteroatoms. The van der Waals surface area contributed by atoms with Crippen LogP contribution < -0.4 is 5.32 Å². The Morgan fingerprint density at radius 1 is 1.34 bits per heavy atom. The fourth-order valence-corrected chi connectivity index (χ4v) is 7.93. The standard InChI is InChI=1S/C27H36N4O6S/c1-4-29-10-9-18(13-29)21-11-20(12-28-21)38-25-15(2)23-22(16(3)32)26(33)30(23)24(25)27(34)37-14-17-5-7-19(8-6-17)31(35)36/h5-8,15-16,18,20-23,28,32H,4,9-14H2,1-3H3/t15-,16-,18?,20+,21+,22-,23-/m1/s1. The van der Waals surface area contributed by atoms with Gasteiger partial charge in [0.15, 0.2) is 0 Å². The number of thioether (sulfide) groups is 1. The Bertz CT molecular complexity index is 1130. The van der Waals surface area contributed by atoms with E-state index in [0.717, 1.165) is 37.5 Å². The van der Waals surface area contributed by atoms with E-state index < -0.39 is 22.9 Å². The van der Waals surface area contributed by atoms with Crippen LogP contribution in [0.25, 0.3) is 0 Å². The van der Waals surface area contributed by atoms with Gasteiger partial charge in [-0.2, -0.15) is 0 Å². The molecule has 0 saturated carbocycles. The van der Waals surface area contributed by atoms with Gasteiger partial charge in [-0.15, -0.1) is 11.8 Å². The van der Waals surface area contributed by atoms with Crippen LogP contribution >= 0.6 is 11.8 Å². The second-order valence-electron chi connectivity index (χ2n) is 10.9. The van der Waals surface area contributed by atoms with Gasteiger partial charge < -0.3 is 25.0 Å². The predicted molar refractivity (Wildman–Crippen MR) is 143 cm³/mol. The molecule has 0 aliphatic carbocycles. The highest BCUT2D eigenvalue weighted by Gasteiger charge is 2.60. The van der Waals surface area contributed by atoms with Crippen LogP contribution in [0.15, 0.2) is 34.9 Å². The van der Waals surface area contributed by atoms with E-state index in [0.29, 0.717) is 17.5 Å². The van der Waals surface area contributed by atoms with Crippen LogP contribution in [0.2, 0.25) is 0 Å². The lowest BCUT2D eigenvalue weighted by Gasteiger charge is -2.46. The number of carbonyl (C=O) groups excluding carboxylic acids is 2. The Hall–Kier alpha value is -2.47. The molecule has 1 aromatic carbocycles. The zero-order valence-corrected chi connectivity index (χ0v) is 22.9. The van der Waals surface area contributed by atoms with E-state index in [4.69, 9.17) is 4.74 Å². The number of β-lactam (4-membered cyclic amide) rings is 1. The number of hydrogen-bond acceptors (Lipinski definition) is 9. The van der Waals surface area contributed by atoms with Crippen molar-refractivity contribution >= 4 is 29.3 Å². The summed E-state index contributed by atoms with van der Waals surface area (Å²) in [5.41, 5.74) is 0.879. The third-order valence-corrected chi connectivity index (χ3v) is 10.1. The number of nitro benzene ring substituents is 1. The molecule has 38 heavy (non-hydrogen) atoms. The summed E-state index contributed by atoms with van der Waals surface area (Å²) in [7, 11) is 0. The summed E-state index contributed by atoms with van der Waals surface area (Å²) in [4.78, 5) is 41.7. The van der Waals surface area contributed by atoms with Crippen molar-refractivity contribution in [1.29, 1.82) is 0 Å². The topological polar surface area (TPSA) is 125 Å². The first-order valence-corrected chi connectivity index (χ1v) is 14.4. The molecule has 0 radical (unpaired) electrons. The molecule has 0 bridgehead atoms. The summed E-state index contributed by atoms with van der Waals surface area (Å²) in [6, 6.07) is 6.04. The van der Waals surface area contributed by atoms with Crippen LogP contribution in [0.5, 0.6) is 0 Å². The monoisotopic (exact) mass is 544 g/mol. The average molecular weight is 545 g/mol. The van der Waals surface area contributed by atoms with E-state index in [1.807, 2.05) is 6.92 Å². The number of rotatable bonds is 9. The minimum absolute atomic E-state index is 0.0345. The molecule has 1 aromatic rings. The number of aliphatic hydroxyl groups excluding tert-OH is 1. The third kappa shape index (κ3) is 4.97. The molecule has 4 aliphatic rings. The Morgan fingerprint density at radius 3 is 2.71 bits per heavy atom. The Balaban J connectivity index is 1.31. The smallest absolute Gasteiger partial charge is 0.356 e. The predicted octanol–water partition coefficient (Wildman–Crippen LogP) is 2.51. The van der Waals surface area contributed by atoms with E-state index >= 15 is 0 Å². The lowest BCUT2D eigenvalue weighted by atomic mass is 9.79. The average Bonchev–Trinajstić information content (AvgIpc) is 3.61. The van der Waals surface area contributed by atoms with E-state index in [9.17, 15) is 24.8 Å². The molecule has 4 heterocycles. The van der Waals surface area contributed by atoms with Gasteiger partial charge in [-0.1, -0.05) is 13.8 Å². The van der Waals surface area contributed by atoms with Gasteiger partial charge in [0.2, 0.25) is 5.91 Å². The van der Waals surface area contributed by atoms with Gasteiger partial charge in [0.25, 0.3) is 5.69 Å². The molecule has 7 atom stereocenters. The molecule has 1 unspecified atom stereocenters. The minimum Gasteiger partial charge on any atom is -0.456 e. The van der Waals surface area contributed by atoms with Crippen molar-refractivity contribution in [2.75, 3.05) is 26.2 Å². The molecular formula is C27H36N4O6S. The van der Waals surface area contributed by atoms with Crippen LogP contribution in [-0.2, 0) is 20.9 Å². The minimum atomic E-state index is -0.797. The van der Waals surface area contributed by atoms with Gasteiger partial charge >= 0.3 is 5.97 Å². The molecule has 2 N–H and O–H groups in total. The van der Waals surface area contributed by atoms with Crippen molar-refractivity contribution in [3.63, 3.8) is 0 Å². The van der Waals surface area contributed by atoms with Gasteiger partial charge in [0.1, 0.15) is 12.3 Å². The number of benzene rings is 1. The van der Waals surface area contributed by atoms with Crippen molar-refractivity contribution in [3.05, 3.63) is 50.5 Å². The zero-order valence-electron chi connectivity index (χ0n) is 22.0. The second-order valence-corrected chi connectivity index (χ2v) is 12.2. The maximum absolute atomic E-state index is 13.4. The highest BCUT2D eigenvalue weighted by molar-refractivity contribution is 8.03. The maximum Gasteiger partial charge on any atom is 0.356 e. The van der Waals surface area contributed by atoms with Crippen LogP contribution in [0.1, 0.15) is 39.2 Å². The van der Waals surface area contributed by atoms with Gasteiger partial charge in [0, 0.05) is 47.3 Å². The zero-order chi connectivity index (χ0) is 27.1. The van der Waals surface area contributed by atoms with Crippen LogP contribution in [0.3, 0.4) is 0 Å². The molecule has 3 fully saturated rings. The van der Waals surface area contributed by atoms with E-state index in [2.05, 4.69) is 17.1 Å². The summed E-state index contributed by atoms with van der Waals surface area (Å²) in [5.74, 6) is -0.811. The molecule has 3 saturated heterocycles. The number of hydrogen-bond donors (Lipinski definition) is 2. The molecule has 10 nitrogen and oxygen atoms in total. The number of ether oxygens (including phenoxy) is 1. The number of carbonyl (C=O) groups is 2. The van der Waals surface area contributed by atoms with Crippen LogP contribution in [0, 0.1) is 27.9 Å². The summed E-state index contributed by atoms with van der Waals surface area (Å²) >= 11 is 1.67. The first kappa shape index (κ1) is 27.1. The van der Waals surface area contributed by atoms with Crippen molar-refractivity contribution in [3.8, 4) is 0 Å². The van der Waals surface area contributed by atoms with E-state index in [1.165, 1.54) is 23.5 Å². The van der Waals surface area contributed by atoms with E-state index in [-0.39, 0.29) is 41.1 Å². The number of nitro groups is 1. The quantitative estimate of drug-likeness (QED) is 0.209. The molecule has 5 rings (SSSR count). The highest BCUT2D eigenvalue weighted by Crippen LogP contribution is 2.52. The number of nitrogens with one attached hydrogen (secondary N) is 1. The van der Waals surface area contributed by atoms with Gasteiger partial charge in [0.05, 0.1) is 23.0 Å². The van der Waals surface area contributed by atoms with Crippen molar-refractivity contribution < 1.29 is 24.4 Å². The first-order chi connectivity index (χ1) is 18.2. The van der Waals surface area contributed by atoms with Gasteiger partial charge in [-0.25, -0.2) is 4.79 Å². The summed E-state index contributed by atoms with van der Waals surface area (Å²) in [6.07, 6.45) is 1.41. The summed E-state index contributed by atoms with van der Waals surface area (Å²) in [6.45, 7) is 9.97. The number of amides is 1. The lowest BCUT2D eigenvalue weighted by Crippen LogP contribution is -2.63. The number of esters is 1. The Morgan fingerprint density at radius 2 is 2.08 bits per heavy atom. The lowest BCUT2D eigenvalue weighted by molar-refractivity contribution is -0.384. The first-order valence-electron chi connectivity index (χ1n) is 13.5. The second kappa shape index (κ2) is 11.0. The summed E-state index contributed by atoms with van der Waals surface area (Å²) < 4.78 is 5.62. The molecule has 0 aromatic heterocycles. The number of fused-ring (bicyclic) bond motifs is 1. The largest absolute Gasteiger partial charge is 0.456 e. The number of likely N-dealkylation sites (tertiary alicyclic amines) is 1. The Kier molecular flexibility index (Phi) is 7.82. The Labute approximate surface area is 226 Å². The van der Waals surface area contributed by atoms with Crippen LogP contribution in [0.4, 0.5) is 5.69 Å². The number of aliphatic hydroxyl groups is 1. The van der Waals surface area contributed by atoms with Gasteiger partial charge in [-0.3, -0.25) is 14.9 Å². The number of non-ortho nitro benzene ring substituents is 1. The fraction of sp³-hybridized carbons (Fsp3) is 0.630. The van der Waals surface area contributed by atoms with Crippen molar-refractivity contribution in [1.82, 2.24) is 15.1 Å². The van der Waals surface area contributed by atoms with Gasteiger partial charge in [-0.05, 0) is 56.5 Å². The normalized spacial score (nSPS) is 31.9. The SMILES string of the molecule is CCN1CCC([C@@H]2C[C@H](SC3=C(C(=O)OCc4ccc([N+](=O)[O-])cc4)N4C(=O)[C@H]([C@@H](C)O)[C@H]4[C@H]3C)CN2)C1. The third-order valence-electron chi connectivity index (χ3n) is 8.56. The van der Waals surface area contributed by atoms with Crippen molar-refractivity contribution in [2.24, 2.45) is 17.8 Å².